The largest absolute Gasteiger partial charge is 0.487 e. The molecule has 0 radical (unpaired) electrons. The number of thiophene rings is 1. The maximum absolute atomic E-state index is 11.3. The minimum absolute atomic E-state index is 0.0202. The lowest BCUT2D eigenvalue weighted by Gasteiger charge is -1.99. The number of nitrogens with one attached hydrogen (secondary N) is 1. The van der Waals surface area contributed by atoms with Gasteiger partial charge in [0.05, 0.1) is 7.11 Å². The fourth-order valence-corrected chi connectivity index (χ4v) is 2.72. The molecule has 1 heterocycles. The molecule has 0 fully saturated rings. The molecule has 0 atom stereocenters. The van der Waals surface area contributed by atoms with Gasteiger partial charge in [-0.05, 0) is 12.1 Å². The average molecular weight is 236 g/mol. The van der Waals surface area contributed by atoms with E-state index in [1.165, 1.54) is 19.2 Å². The SMILES string of the molecule is COc1ccc(S(=O)(=O)NC(N)=O)s1. The Morgan fingerprint density at radius 1 is 1.57 bits per heavy atom. The van der Waals surface area contributed by atoms with Crippen LogP contribution in [0.5, 0.6) is 5.06 Å². The molecule has 78 valence electrons. The zero-order chi connectivity index (χ0) is 10.8. The molecule has 3 N–H and O–H groups in total. The summed E-state index contributed by atoms with van der Waals surface area (Å²) >= 11 is 0.901. The van der Waals surface area contributed by atoms with Gasteiger partial charge in [-0.1, -0.05) is 11.3 Å². The van der Waals surface area contributed by atoms with E-state index >= 15 is 0 Å². The molecule has 6 nitrogen and oxygen atoms in total. The Morgan fingerprint density at radius 2 is 2.21 bits per heavy atom. The number of amides is 2. The molecule has 0 aliphatic carbocycles. The van der Waals surface area contributed by atoms with Crippen molar-refractivity contribution in [2.45, 2.75) is 4.21 Å². The van der Waals surface area contributed by atoms with E-state index in [0.717, 1.165) is 11.3 Å². The summed E-state index contributed by atoms with van der Waals surface area (Å²) in [5, 5.41) is 0.440. The first kappa shape index (κ1) is 10.8. The second-order valence-corrected chi connectivity index (χ2v) is 5.20. The fraction of sp³-hybridized carbons (Fsp3) is 0.167. The molecule has 8 heteroatoms. The maximum atomic E-state index is 11.3. The van der Waals surface area contributed by atoms with Crippen molar-refractivity contribution in [2.24, 2.45) is 5.73 Å². The third-order valence-corrected chi connectivity index (χ3v) is 4.14. The number of primary amides is 1. The van der Waals surface area contributed by atoms with Gasteiger partial charge in [0.25, 0.3) is 10.0 Å². The minimum atomic E-state index is -3.83. The van der Waals surface area contributed by atoms with Crippen molar-refractivity contribution in [2.75, 3.05) is 7.11 Å². The van der Waals surface area contributed by atoms with E-state index in [9.17, 15) is 13.2 Å². The number of hydrogen-bond acceptors (Lipinski definition) is 5. The van der Waals surface area contributed by atoms with E-state index in [1.807, 2.05) is 0 Å². The number of sulfonamides is 1. The molecular formula is C6H8N2O4S2. The van der Waals surface area contributed by atoms with E-state index in [2.05, 4.69) is 0 Å². The van der Waals surface area contributed by atoms with Crippen molar-refractivity contribution in [3.63, 3.8) is 0 Å². The number of hydrogen-bond donors (Lipinski definition) is 2. The van der Waals surface area contributed by atoms with Crippen molar-refractivity contribution >= 4 is 27.4 Å². The lowest BCUT2D eigenvalue weighted by molar-refractivity contribution is 0.253. The normalized spacial score (nSPS) is 10.9. The van der Waals surface area contributed by atoms with Crippen LogP contribution in [0, 0.1) is 0 Å². The molecule has 0 bridgehead atoms. The molecule has 0 unspecified atom stereocenters. The van der Waals surface area contributed by atoms with Gasteiger partial charge >= 0.3 is 6.03 Å². The molecule has 0 spiro atoms. The van der Waals surface area contributed by atoms with Gasteiger partial charge in [0.2, 0.25) is 0 Å². The van der Waals surface area contributed by atoms with Crippen molar-refractivity contribution in [1.29, 1.82) is 0 Å². The van der Waals surface area contributed by atoms with Crippen LogP contribution in [0.4, 0.5) is 4.79 Å². The molecule has 0 saturated carbocycles. The topological polar surface area (TPSA) is 98.5 Å². The summed E-state index contributed by atoms with van der Waals surface area (Å²) < 4.78 is 29.1. The van der Waals surface area contributed by atoms with Gasteiger partial charge in [-0.2, -0.15) is 0 Å². The van der Waals surface area contributed by atoms with Gasteiger partial charge in [0.1, 0.15) is 4.21 Å². The first-order chi connectivity index (χ1) is 6.45. The van der Waals surface area contributed by atoms with Gasteiger partial charge in [0.15, 0.2) is 5.06 Å². The molecule has 0 aliphatic heterocycles. The minimum Gasteiger partial charge on any atom is -0.487 e. The summed E-state index contributed by atoms with van der Waals surface area (Å²) in [6.07, 6.45) is 0. The summed E-state index contributed by atoms with van der Waals surface area (Å²) in [6, 6.07) is 1.70. The third kappa shape index (κ3) is 2.36. The van der Waals surface area contributed by atoms with Crippen LogP contribution in [0.3, 0.4) is 0 Å². The summed E-state index contributed by atoms with van der Waals surface area (Å²) in [5.74, 6) is 0. The van der Waals surface area contributed by atoms with E-state index < -0.39 is 16.1 Å². The summed E-state index contributed by atoms with van der Waals surface area (Å²) in [4.78, 5) is 10.4. The third-order valence-electron chi connectivity index (χ3n) is 1.26. The number of ether oxygens (including phenoxy) is 1. The lowest BCUT2D eigenvalue weighted by Crippen LogP contribution is -2.34. The average Bonchev–Trinajstić information content (AvgIpc) is 2.49. The molecule has 0 saturated heterocycles. The zero-order valence-corrected chi connectivity index (χ0v) is 8.81. The highest BCUT2D eigenvalue weighted by atomic mass is 32.2. The molecule has 14 heavy (non-hydrogen) atoms. The van der Waals surface area contributed by atoms with E-state index in [0.29, 0.717) is 5.06 Å². The van der Waals surface area contributed by atoms with Crippen molar-refractivity contribution in [3.8, 4) is 5.06 Å². The second kappa shape index (κ2) is 3.84. The first-order valence-corrected chi connectivity index (χ1v) is 5.72. The van der Waals surface area contributed by atoms with Gasteiger partial charge in [-0.3, -0.25) is 0 Å². The number of methoxy groups -OCH3 is 1. The Balaban J connectivity index is 2.98. The lowest BCUT2D eigenvalue weighted by atomic mass is 10.6. The zero-order valence-electron chi connectivity index (χ0n) is 7.18. The molecule has 0 aliphatic rings. The number of urea groups is 1. The van der Waals surface area contributed by atoms with Crippen molar-refractivity contribution in [3.05, 3.63) is 12.1 Å². The Bertz CT molecular complexity index is 436. The Hall–Kier alpha value is -1.28. The second-order valence-electron chi connectivity index (χ2n) is 2.25. The Kier molecular flexibility index (Phi) is 2.96. The van der Waals surface area contributed by atoms with Crippen molar-refractivity contribution in [1.82, 2.24) is 4.72 Å². The van der Waals surface area contributed by atoms with E-state index in [-0.39, 0.29) is 4.21 Å². The summed E-state index contributed by atoms with van der Waals surface area (Å²) in [7, 11) is -2.41. The monoisotopic (exact) mass is 236 g/mol. The number of carbonyl (C=O) groups excluding carboxylic acids is 1. The van der Waals surface area contributed by atoms with Gasteiger partial charge in [-0.15, -0.1) is 0 Å². The van der Waals surface area contributed by atoms with E-state index in [1.54, 1.807) is 4.72 Å². The molecule has 1 aromatic rings. The van der Waals surface area contributed by atoms with Gasteiger partial charge in [0, 0.05) is 0 Å². The fourth-order valence-electron chi connectivity index (χ4n) is 0.740. The standard InChI is InChI=1S/C6H8N2O4S2/c1-12-4-2-3-5(13-4)14(10,11)8-6(7)9/h2-3H,1H3,(H3,7,8,9). The quantitative estimate of drug-likeness (QED) is 0.778. The predicted octanol–water partition coefficient (Wildman–Crippen LogP) is 0.114. The highest BCUT2D eigenvalue weighted by Crippen LogP contribution is 2.27. The summed E-state index contributed by atoms with van der Waals surface area (Å²) in [5.41, 5.74) is 4.70. The van der Waals surface area contributed by atoms with Gasteiger partial charge < -0.3 is 10.5 Å². The van der Waals surface area contributed by atoms with Crippen LogP contribution in [0.2, 0.25) is 0 Å². The molecule has 0 aromatic carbocycles. The highest BCUT2D eigenvalue weighted by molar-refractivity contribution is 7.92. The van der Waals surface area contributed by atoms with Crippen LogP contribution < -0.4 is 15.2 Å². The van der Waals surface area contributed by atoms with Crippen LogP contribution in [-0.4, -0.2) is 21.6 Å². The molecule has 1 rings (SSSR count). The van der Waals surface area contributed by atoms with Crippen LogP contribution in [0.25, 0.3) is 0 Å². The van der Waals surface area contributed by atoms with Crippen LogP contribution in [-0.2, 0) is 10.0 Å². The maximum Gasteiger partial charge on any atom is 0.326 e. The van der Waals surface area contributed by atoms with E-state index in [4.69, 9.17) is 10.5 Å². The van der Waals surface area contributed by atoms with Crippen LogP contribution in [0.1, 0.15) is 0 Å². The smallest absolute Gasteiger partial charge is 0.326 e. The predicted molar refractivity (Wildman–Crippen MR) is 50.8 cm³/mol. The van der Waals surface area contributed by atoms with Crippen LogP contribution >= 0.6 is 11.3 Å². The molecule has 2 amide bonds. The molecular weight excluding hydrogens is 228 g/mol. The van der Waals surface area contributed by atoms with Crippen LogP contribution in [0.15, 0.2) is 16.3 Å². The number of carbonyl (C=O) groups is 1. The Morgan fingerprint density at radius 3 is 2.64 bits per heavy atom. The number of rotatable bonds is 3. The molecule has 1 aromatic heterocycles. The van der Waals surface area contributed by atoms with Gasteiger partial charge in [-0.25, -0.2) is 17.9 Å². The first-order valence-electron chi connectivity index (χ1n) is 3.42. The van der Waals surface area contributed by atoms with Crippen molar-refractivity contribution < 1.29 is 17.9 Å². The highest BCUT2D eigenvalue weighted by Gasteiger charge is 2.18. The number of nitrogens with two attached hydrogens (primary N) is 1. The Labute approximate surface area is 84.7 Å². The summed E-state index contributed by atoms with van der Waals surface area (Å²) in [6.45, 7) is 0.